The average molecular weight is 460 g/mol. The highest BCUT2D eigenvalue weighted by Gasteiger charge is 2.50. The molecule has 0 spiro atoms. The minimum Gasteiger partial charge on any atom is -1.00 e. The molecule has 0 aliphatic carbocycles. The summed E-state index contributed by atoms with van der Waals surface area (Å²) < 4.78 is 0. The molecule has 0 aliphatic heterocycles. The quantitative estimate of drug-likeness (QED) is 0.391. The number of rotatable bonds is 6. The van der Waals surface area contributed by atoms with Crippen LogP contribution < -0.4 is 39.9 Å². The fraction of sp³-hybridized carbons (Fsp3) is 0.217. The molecule has 0 bridgehead atoms. The van der Waals surface area contributed by atoms with Gasteiger partial charge in [-0.15, -0.1) is 0 Å². The first-order valence-electron chi connectivity index (χ1n) is 8.89. The average Bonchev–Trinajstić information content (AvgIpc) is 2.68. The van der Waals surface area contributed by atoms with Gasteiger partial charge in [0.2, 0.25) is 0 Å². The Bertz CT molecular complexity index is 640. The van der Waals surface area contributed by atoms with Crippen molar-refractivity contribution in [2.45, 2.75) is 32.3 Å². The zero-order valence-corrected chi connectivity index (χ0v) is 18.0. The Labute approximate surface area is 170 Å². The van der Waals surface area contributed by atoms with Crippen molar-refractivity contribution >= 4 is 23.2 Å². The molecular weight excluding hydrogens is 434 g/mol. The second-order valence-electron chi connectivity index (χ2n) is 6.20. The van der Waals surface area contributed by atoms with Gasteiger partial charge in [0.1, 0.15) is 23.2 Å². The summed E-state index contributed by atoms with van der Waals surface area (Å²) in [5.41, 5.74) is 0.657. The molecule has 0 saturated carbocycles. The highest BCUT2D eigenvalue weighted by Crippen LogP contribution is 2.61. The van der Waals surface area contributed by atoms with Crippen molar-refractivity contribution in [1.82, 2.24) is 0 Å². The van der Waals surface area contributed by atoms with Crippen molar-refractivity contribution in [3.63, 3.8) is 0 Å². The van der Waals surface area contributed by atoms with E-state index < -0.39 is 7.26 Å². The second kappa shape index (κ2) is 9.50. The largest absolute Gasteiger partial charge is 1.00 e. The SMILES string of the molecule is CCC(CC)[P+](c1ccccc1)(c1ccccc1)c1ccccc1.[I-]. The van der Waals surface area contributed by atoms with Crippen LogP contribution in [0.25, 0.3) is 0 Å². The van der Waals surface area contributed by atoms with Crippen LogP contribution in [0.1, 0.15) is 26.7 Å². The molecule has 0 amide bonds. The van der Waals surface area contributed by atoms with Crippen LogP contribution in [0.4, 0.5) is 0 Å². The van der Waals surface area contributed by atoms with Crippen LogP contribution in [0, 0.1) is 0 Å². The van der Waals surface area contributed by atoms with Crippen molar-refractivity contribution in [2.75, 3.05) is 0 Å². The van der Waals surface area contributed by atoms with Gasteiger partial charge in [0.25, 0.3) is 0 Å². The number of halogens is 1. The molecule has 3 rings (SSSR count). The Morgan fingerprint density at radius 1 is 0.560 bits per heavy atom. The maximum absolute atomic E-state index is 2.34. The van der Waals surface area contributed by atoms with Gasteiger partial charge >= 0.3 is 0 Å². The molecule has 3 aromatic carbocycles. The summed E-state index contributed by atoms with van der Waals surface area (Å²) in [6.07, 6.45) is 2.39. The maximum atomic E-state index is 2.34. The minimum absolute atomic E-state index is 0. The molecule has 3 aromatic rings. The summed E-state index contributed by atoms with van der Waals surface area (Å²) in [5.74, 6) is 0. The van der Waals surface area contributed by atoms with Crippen molar-refractivity contribution in [1.29, 1.82) is 0 Å². The molecule has 25 heavy (non-hydrogen) atoms. The van der Waals surface area contributed by atoms with E-state index in [0.717, 1.165) is 0 Å². The zero-order valence-electron chi connectivity index (χ0n) is 15.0. The lowest BCUT2D eigenvalue weighted by Gasteiger charge is -2.34. The van der Waals surface area contributed by atoms with Gasteiger partial charge in [0.15, 0.2) is 0 Å². The molecule has 0 N–H and O–H groups in total. The molecule has 0 radical (unpaired) electrons. The van der Waals surface area contributed by atoms with Crippen molar-refractivity contribution in [3.8, 4) is 0 Å². The monoisotopic (exact) mass is 460 g/mol. The normalized spacial score (nSPS) is 11.2. The lowest BCUT2D eigenvalue weighted by Crippen LogP contribution is -3.00. The third-order valence-corrected chi connectivity index (χ3v) is 10.1. The molecule has 0 saturated heterocycles. The number of hydrogen-bond acceptors (Lipinski definition) is 0. The Kier molecular flexibility index (Phi) is 7.65. The summed E-state index contributed by atoms with van der Waals surface area (Å²) in [6, 6.07) is 33.6. The second-order valence-corrected chi connectivity index (χ2v) is 9.92. The molecule has 2 heteroatoms. The van der Waals surface area contributed by atoms with Crippen LogP contribution in [0.2, 0.25) is 0 Å². The van der Waals surface area contributed by atoms with Gasteiger partial charge in [0.05, 0.1) is 5.66 Å². The van der Waals surface area contributed by atoms with Gasteiger partial charge in [-0.1, -0.05) is 68.4 Å². The van der Waals surface area contributed by atoms with E-state index in [1.54, 1.807) is 0 Å². The summed E-state index contributed by atoms with van der Waals surface area (Å²) in [5, 5.41) is 4.49. The van der Waals surface area contributed by atoms with E-state index in [9.17, 15) is 0 Å². The van der Waals surface area contributed by atoms with Gasteiger partial charge in [-0.3, -0.25) is 0 Å². The fourth-order valence-electron chi connectivity index (χ4n) is 3.91. The lowest BCUT2D eigenvalue weighted by molar-refractivity contribution is -0.00000478. The maximum Gasteiger partial charge on any atom is 0.115 e. The summed E-state index contributed by atoms with van der Waals surface area (Å²) >= 11 is 0. The van der Waals surface area contributed by atoms with E-state index in [4.69, 9.17) is 0 Å². The summed E-state index contributed by atoms with van der Waals surface area (Å²) in [6.45, 7) is 4.69. The highest BCUT2D eigenvalue weighted by atomic mass is 127. The number of benzene rings is 3. The van der Waals surface area contributed by atoms with E-state index in [-0.39, 0.29) is 24.0 Å². The Balaban J connectivity index is 0.00000225. The van der Waals surface area contributed by atoms with Gasteiger partial charge in [-0.2, -0.15) is 0 Å². The predicted octanol–water partition coefficient (Wildman–Crippen LogP) is 2.17. The number of hydrogen-bond donors (Lipinski definition) is 0. The van der Waals surface area contributed by atoms with Gasteiger partial charge in [-0.25, -0.2) is 0 Å². The van der Waals surface area contributed by atoms with Crippen molar-refractivity contribution < 1.29 is 24.0 Å². The fourth-order valence-corrected chi connectivity index (χ4v) is 9.09. The van der Waals surface area contributed by atoms with Crippen LogP contribution in [0.5, 0.6) is 0 Å². The zero-order chi connectivity index (χ0) is 16.8. The highest BCUT2D eigenvalue weighted by molar-refractivity contribution is 7.96. The first-order valence-corrected chi connectivity index (χ1v) is 10.7. The molecule has 0 unspecified atom stereocenters. The van der Waals surface area contributed by atoms with E-state index in [1.165, 1.54) is 28.8 Å². The molecule has 0 atom stereocenters. The predicted molar refractivity (Wildman–Crippen MR) is 110 cm³/mol. The van der Waals surface area contributed by atoms with E-state index in [2.05, 4.69) is 105 Å². The van der Waals surface area contributed by atoms with Crippen LogP contribution in [-0.4, -0.2) is 5.66 Å². The van der Waals surface area contributed by atoms with Crippen molar-refractivity contribution in [3.05, 3.63) is 91.0 Å². The standard InChI is InChI=1S/C23H26P.HI/c1-3-20(4-2)24(21-14-8-5-9-15-21,22-16-10-6-11-17-22)23-18-12-7-13-19-23;/h5-20H,3-4H2,1-2H3;1H/q+1;/p-1. The van der Waals surface area contributed by atoms with Gasteiger partial charge in [0, 0.05) is 0 Å². The van der Waals surface area contributed by atoms with E-state index in [1.807, 2.05) is 0 Å². The topological polar surface area (TPSA) is 0 Å². The van der Waals surface area contributed by atoms with Crippen LogP contribution in [0.15, 0.2) is 91.0 Å². The van der Waals surface area contributed by atoms with E-state index >= 15 is 0 Å². The molecular formula is C23H26IP. The third kappa shape index (κ3) is 3.83. The Morgan fingerprint density at radius 2 is 0.840 bits per heavy atom. The third-order valence-electron chi connectivity index (χ3n) is 4.98. The first-order chi connectivity index (χ1) is 11.8. The smallest absolute Gasteiger partial charge is 0.115 e. The Morgan fingerprint density at radius 3 is 1.08 bits per heavy atom. The minimum atomic E-state index is -1.66. The first kappa shape index (κ1) is 20.1. The lowest BCUT2D eigenvalue weighted by atomic mass is 10.3. The molecule has 0 nitrogen and oxygen atoms in total. The van der Waals surface area contributed by atoms with Gasteiger partial charge < -0.3 is 24.0 Å². The molecule has 130 valence electrons. The summed E-state index contributed by atoms with van der Waals surface area (Å²) in [7, 11) is -1.66. The van der Waals surface area contributed by atoms with E-state index in [0.29, 0.717) is 5.66 Å². The van der Waals surface area contributed by atoms with Crippen LogP contribution in [-0.2, 0) is 0 Å². The summed E-state index contributed by atoms with van der Waals surface area (Å²) in [4.78, 5) is 0. The Hall–Kier alpha value is -1.18. The van der Waals surface area contributed by atoms with Crippen LogP contribution in [0.3, 0.4) is 0 Å². The molecule has 0 heterocycles. The molecule has 0 aromatic heterocycles. The molecule has 0 fully saturated rings. The van der Waals surface area contributed by atoms with Gasteiger partial charge in [-0.05, 0) is 49.2 Å². The van der Waals surface area contributed by atoms with Crippen LogP contribution >= 0.6 is 7.26 Å². The molecule has 0 aliphatic rings. The van der Waals surface area contributed by atoms with Crippen molar-refractivity contribution in [2.24, 2.45) is 0 Å².